The maximum absolute atomic E-state index is 11.1. The van der Waals surface area contributed by atoms with Gasteiger partial charge in [0.25, 0.3) is 5.69 Å². The van der Waals surface area contributed by atoms with Crippen molar-refractivity contribution < 1.29 is 9.72 Å². The predicted octanol–water partition coefficient (Wildman–Crippen LogP) is 0.785. The van der Waals surface area contributed by atoms with E-state index >= 15 is 0 Å². The molecule has 0 aliphatic rings. The highest BCUT2D eigenvalue weighted by Gasteiger charge is 2.17. The van der Waals surface area contributed by atoms with Crippen molar-refractivity contribution in [2.24, 2.45) is 11.5 Å². The van der Waals surface area contributed by atoms with Gasteiger partial charge in [-0.25, -0.2) is 4.79 Å². The Hall–Kier alpha value is -2.15. The standard InChI is InChI=1S/C9H12N4O3/c1-6(10)12(9(11)14)7-2-4-8(5-3-7)13(15)16/h2-6H,10H2,1H3,(H2,11,14). The minimum absolute atomic E-state index is 0.0576. The van der Waals surface area contributed by atoms with Crippen LogP contribution in [0.15, 0.2) is 24.3 Å². The van der Waals surface area contributed by atoms with E-state index < -0.39 is 17.1 Å². The summed E-state index contributed by atoms with van der Waals surface area (Å²) in [7, 11) is 0. The molecule has 86 valence electrons. The molecule has 1 aromatic rings. The van der Waals surface area contributed by atoms with Crippen LogP contribution in [0.4, 0.5) is 16.2 Å². The Morgan fingerprint density at radius 2 is 1.94 bits per heavy atom. The largest absolute Gasteiger partial charge is 0.351 e. The highest BCUT2D eigenvalue weighted by Crippen LogP contribution is 2.19. The molecule has 0 fully saturated rings. The molecular weight excluding hydrogens is 212 g/mol. The first-order valence-corrected chi connectivity index (χ1v) is 4.52. The molecule has 1 rings (SSSR count). The molecule has 7 heteroatoms. The van der Waals surface area contributed by atoms with Crippen molar-refractivity contribution in [1.82, 2.24) is 0 Å². The van der Waals surface area contributed by atoms with Gasteiger partial charge >= 0.3 is 6.03 Å². The van der Waals surface area contributed by atoms with Crippen molar-refractivity contribution in [3.05, 3.63) is 34.4 Å². The zero-order valence-electron chi connectivity index (χ0n) is 8.66. The van der Waals surface area contributed by atoms with Gasteiger partial charge in [-0.3, -0.25) is 15.0 Å². The van der Waals surface area contributed by atoms with E-state index in [2.05, 4.69) is 0 Å². The Morgan fingerprint density at radius 3 is 2.25 bits per heavy atom. The Balaban J connectivity index is 3.03. The number of nitrogens with two attached hydrogens (primary N) is 2. The van der Waals surface area contributed by atoms with E-state index in [-0.39, 0.29) is 5.69 Å². The van der Waals surface area contributed by atoms with Crippen LogP contribution in [0.5, 0.6) is 0 Å². The number of primary amides is 1. The zero-order chi connectivity index (χ0) is 12.3. The highest BCUT2D eigenvalue weighted by molar-refractivity contribution is 5.91. The van der Waals surface area contributed by atoms with E-state index in [1.54, 1.807) is 6.92 Å². The maximum atomic E-state index is 11.1. The van der Waals surface area contributed by atoms with Crippen molar-refractivity contribution in [1.29, 1.82) is 0 Å². The molecule has 0 saturated heterocycles. The second-order valence-electron chi connectivity index (χ2n) is 3.22. The van der Waals surface area contributed by atoms with Crippen LogP contribution >= 0.6 is 0 Å². The van der Waals surface area contributed by atoms with Gasteiger partial charge in [0.2, 0.25) is 0 Å². The van der Waals surface area contributed by atoms with Gasteiger partial charge in [-0.1, -0.05) is 0 Å². The SMILES string of the molecule is CC(N)N(C(N)=O)c1ccc([N+](=O)[O-])cc1. The van der Waals surface area contributed by atoms with Crippen LogP contribution in [0.3, 0.4) is 0 Å². The van der Waals surface area contributed by atoms with Crippen molar-refractivity contribution in [3.8, 4) is 0 Å². The Morgan fingerprint density at radius 1 is 1.44 bits per heavy atom. The molecule has 4 N–H and O–H groups in total. The molecule has 0 aliphatic carbocycles. The molecule has 1 atom stereocenters. The summed E-state index contributed by atoms with van der Waals surface area (Å²) < 4.78 is 0. The van der Waals surface area contributed by atoms with Gasteiger partial charge in [0.05, 0.1) is 11.1 Å². The zero-order valence-corrected chi connectivity index (χ0v) is 8.66. The first-order valence-electron chi connectivity index (χ1n) is 4.52. The number of benzene rings is 1. The summed E-state index contributed by atoms with van der Waals surface area (Å²) >= 11 is 0. The molecule has 0 bridgehead atoms. The number of hydrogen-bond donors (Lipinski definition) is 2. The summed E-state index contributed by atoms with van der Waals surface area (Å²) in [6, 6.07) is 4.71. The van der Waals surface area contributed by atoms with Crippen LogP contribution in [0.25, 0.3) is 0 Å². The Kier molecular flexibility index (Phi) is 3.41. The third-order valence-corrected chi connectivity index (χ3v) is 1.98. The molecule has 7 nitrogen and oxygen atoms in total. The molecule has 16 heavy (non-hydrogen) atoms. The molecule has 0 saturated carbocycles. The lowest BCUT2D eigenvalue weighted by molar-refractivity contribution is -0.384. The number of carbonyl (C=O) groups is 1. The minimum atomic E-state index is -0.705. The van der Waals surface area contributed by atoms with Gasteiger partial charge in [-0.2, -0.15) is 0 Å². The van der Waals surface area contributed by atoms with E-state index in [0.717, 1.165) is 4.90 Å². The molecule has 2 amide bonds. The van der Waals surface area contributed by atoms with Crippen LogP contribution < -0.4 is 16.4 Å². The smallest absolute Gasteiger partial charge is 0.320 e. The topological polar surface area (TPSA) is 115 Å². The quantitative estimate of drug-likeness (QED) is 0.448. The molecule has 1 aromatic carbocycles. The van der Waals surface area contributed by atoms with Crippen LogP contribution in [-0.2, 0) is 0 Å². The van der Waals surface area contributed by atoms with Gasteiger partial charge < -0.3 is 11.5 Å². The number of anilines is 1. The molecule has 0 aliphatic heterocycles. The number of amides is 2. The summed E-state index contributed by atoms with van der Waals surface area (Å²) in [4.78, 5) is 22.1. The number of nitro groups is 1. The van der Waals surface area contributed by atoms with Crippen LogP contribution in [0, 0.1) is 10.1 Å². The van der Waals surface area contributed by atoms with Gasteiger partial charge in [0.15, 0.2) is 0 Å². The monoisotopic (exact) mass is 224 g/mol. The first-order chi connectivity index (χ1) is 7.43. The van der Waals surface area contributed by atoms with E-state index in [1.165, 1.54) is 24.3 Å². The Labute approximate surface area is 91.8 Å². The minimum Gasteiger partial charge on any atom is -0.351 e. The first kappa shape index (κ1) is 11.9. The summed E-state index contributed by atoms with van der Waals surface area (Å²) in [6.45, 7) is 1.59. The van der Waals surface area contributed by atoms with Gasteiger partial charge in [0, 0.05) is 17.8 Å². The van der Waals surface area contributed by atoms with Crippen LogP contribution in [-0.4, -0.2) is 17.1 Å². The van der Waals surface area contributed by atoms with Crippen LogP contribution in [0.2, 0.25) is 0 Å². The maximum Gasteiger partial charge on any atom is 0.320 e. The third kappa shape index (κ3) is 2.45. The van der Waals surface area contributed by atoms with Gasteiger partial charge in [-0.15, -0.1) is 0 Å². The number of nitro benzene ring substituents is 1. The Bertz CT molecular complexity index is 402. The van der Waals surface area contributed by atoms with Crippen molar-refractivity contribution in [2.75, 3.05) is 4.90 Å². The fraction of sp³-hybridized carbons (Fsp3) is 0.222. The number of nitrogens with zero attached hydrogens (tertiary/aromatic N) is 2. The molecule has 0 spiro atoms. The lowest BCUT2D eigenvalue weighted by Crippen LogP contribution is -2.47. The highest BCUT2D eigenvalue weighted by atomic mass is 16.6. The molecule has 0 aromatic heterocycles. The van der Waals surface area contributed by atoms with Crippen LogP contribution in [0.1, 0.15) is 6.92 Å². The lowest BCUT2D eigenvalue weighted by atomic mass is 10.2. The lowest BCUT2D eigenvalue weighted by Gasteiger charge is -2.24. The third-order valence-electron chi connectivity index (χ3n) is 1.98. The van der Waals surface area contributed by atoms with Gasteiger partial charge in [0.1, 0.15) is 0 Å². The van der Waals surface area contributed by atoms with E-state index in [1.807, 2.05) is 0 Å². The van der Waals surface area contributed by atoms with Gasteiger partial charge in [-0.05, 0) is 19.1 Å². The second-order valence-corrected chi connectivity index (χ2v) is 3.22. The second kappa shape index (κ2) is 4.58. The summed E-state index contributed by atoms with van der Waals surface area (Å²) in [6.07, 6.45) is -0.598. The average molecular weight is 224 g/mol. The number of carbonyl (C=O) groups excluding carboxylic acids is 1. The number of non-ortho nitro benzene ring substituents is 1. The molecule has 1 unspecified atom stereocenters. The van der Waals surface area contributed by atoms with E-state index in [9.17, 15) is 14.9 Å². The van der Waals surface area contributed by atoms with Crippen molar-refractivity contribution in [3.63, 3.8) is 0 Å². The van der Waals surface area contributed by atoms with Crippen molar-refractivity contribution in [2.45, 2.75) is 13.1 Å². The average Bonchev–Trinajstić information content (AvgIpc) is 2.17. The normalized spacial score (nSPS) is 11.9. The number of hydrogen-bond acceptors (Lipinski definition) is 4. The fourth-order valence-corrected chi connectivity index (χ4v) is 1.30. The molecule has 0 radical (unpaired) electrons. The summed E-state index contributed by atoms with van der Waals surface area (Å²) in [5.41, 5.74) is 11.1. The van der Waals surface area contributed by atoms with Crippen molar-refractivity contribution >= 4 is 17.4 Å². The fourth-order valence-electron chi connectivity index (χ4n) is 1.30. The van der Waals surface area contributed by atoms with E-state index in [4.69, 9.17) is 11.5 Å². The molecular formula is C9H12N4O3. The predicted molar refractivity (Wildman–Crippen MR) is 58.8 cm³/mol. The number of rotatable bonds is 3. The number of urea groups is 1. The summed E-state index contributed by atoms with van der Waals surface area (Å²) in [5.74, 6) is 0. The van der Waals surface area contributed by atoms with E-state index in [0.29, 0.717) is 5.69 Å². The summed E-state index contributed by atoms with van der Waals surface area (Å²) in [5, 5.41) is 10.4. The molecule has 0 heterocycles.